The Morgan fingerprint density at radius 3 is 2.50 bits per heavy atom. The smallest absolute Gasteiger partial charge is 0.131 e. The lowest BCUT2D eigenvalue weighted by Gasteiger charge is -2.41. The van der Waals surface area contributed by atoms with Gasteiger partial charge in [0.25, 0.3) is 0 Å². The number of rotatable bonds is 3. The summed E-state index contributed by atoms with van der Waals surface area (Å²) in [5.41, 5.74) is 1.14. The van der Waals surface area contributed by atoms with E-state index in [1.54, 1.807) is 0 Å². The number of nitrogens with zero attached hydrogens (tertiary/aromatic N) is 3. The number of pyridine rings is 1. The predicted octanol–water partition coefficient (Wildman–Crippen LogP) is 3.07. The Morgan fingerprint density at radius 2 is 1.86 bits per heavy atom. The van der Waals surface area contributed by atoms with Crippen LogP contribution in [0.3, 0.4) is 0 Å². The first-order valence-electron chi connectivity index (χ1n) is 8.00. The van der Waals surface area contributed by atoms with Gasteiger partial charge >= 0.3 is 0 Å². The summed E-state index contributed by atoms with van der Waals surface area (Å²) in [6.07, 6.45) is 2.81. The molecule has 2 aliphatic rings. The minimum Gasteiger partial charge on any atom is -0.376 e. The Morgan fingerprint density at radius 1 is 1.18 bits per heavy atom. The standard InChI is InChI=1S/C16H23Cl2N3O/c1-12-10-21(6-7-22-12)14-2-4-20(5-3-14)11-13-8-15(17)19-16(18)9-13/h8-9,12,14H,2-7,10-11H2,1H3. The van der Waals surface area contributed by atoms with Crippen molar-refractivity contribution in [2.75, 3.05) is 32.8 Å². The van der Waals surface area contributed by atoms with E-state index in [4.69, 9.17) is 27.9 Å². The van der Waals surface area contributed by atoms with Crippen molar-refractivity contribution < 1.29 is 4.74 Å². The molecule has 2 fully saturated rings. The average Bonchev–Trinajstić information content (AvgIpc) is 2.47. The minimum atomic E-state index is 0.368. The van der Waals surface area contributed by atoms with Gasteiger partial charge in [-0.2, -0.15) is 0 Å². The van der Waals surface area contributed by atoms with Crippen LogP contribution in [-0.4, -0.2) is 59.7 Å². The summed E-state index contributed by atoms with van der Waals surface area (Å²) in [5, 5.41) is 0.944. The lowest BCUT2D eigenvalue weighted by Crippen LogP contribution is -2.50. The van der Waals surface area contributed by atoms with Crippen LogP contribution in [0.25, 0.3) is 0 Å². The number of hydrogen-bond acceptors (Lipinski definition) is 4. The van der Waals surface area contributed by atoms with Gasteiger partial charge in [0.1, 0.15) is 10.3 Å². The number of morpholine rings is 1. The Labute approximate surface area is 142 Å². The summed E-state index contributed by atoms with van der Waals surface area (Å²) in [6.45, 7) is 8.31. The molecule has 0 bridgehead atoms. The van der Waals surface area contributed by atoms with Crippen molar-refractivity contribution >= 4 is 23.2 Å². The van der Waals surface area contributed by atoms with Crippen LogP contribution >= 0.6 is 23.2 Å². The molecule has 122 valence electrons. The van der Waals surface area contributed by atoms with Gasteiger partial charge in [-0.15, -0.1) is 0 Å². The molecule has 22 heavy (non-hydrogen) atoms. The third-order valence-corrected chi connectivity index (χ3v) is 4.96. The quantitative estimate of drug-likeness (QED) is 0.788. The van der Waals surface area contributed by atoms with E-state index in [0.717, 1.165) is 44.9 Å². The zero-order valence-corrected chi connectivity index (χ0v) is 14.5. The first-order valence-corrected chi connectivity index (χ1v) is 8.76. The Bertz CT molecular complexity index is 486. The van der Waals surface area contributed by atoms with Crippen molar-refractivity contribution in [3.63, 3.8) is 0 Å². The molecule has 1 atom stereocenters. The van der Waals surface area contributed by atoms with Gasteiger partial charge in [0, 0.05) is 25.7 Å². The maximum Gasteiger partial charge on any atom is 0.131 e. The molecule has 4 nitrogen and oxygen atoms in total. The number of hydrogen-bond donors (Lipinski definition) is 0. The van der Waals surface area contributed by atoms with E-state index in [2.05, 4.69) is 21.7 Å². The summed E-state index contributed by atoms with van der Waals surface area (Å²) < 4.78 is 5.64. The Kier molecular flexibility index (Phi) is 5.58. The molecule has 0 aromatic carbocycles. The maximum absolute atomic E-state index is 5.97. The summed E-state index contributed by atoms with van der Waals surface area (Å²) in [5.74, 6) is 0. The third-order valence-electron chi connectivity index (χ3n) is 4.57. The van der Waals surface area contributed by atoms with E-state index >= 15 is 0 Å². The van der Waals surface area contributed by atoms with Gasteiger partial charge in [0.05, 0.1) is 12.7 Å². The molecule has 3 rings (SSSR count). The molecule has 0 N–H and O–H groups in total. The highest BCUT2D eigenvalue weighted by Gasteiger charge is 2.27. The molecule has 1 aromatic heterocycles. The highest BCUT2D eigenvalue weighted by atomic mass is 35.5. The third kappa shape index (κ3) is 4.33. The van der Waals surface area contributed by atoms with Crippen molar-refractivity contribution in [2.45, 2.75) is 38.5 Å². The molecule has 0 radical (unpaired) electrons. The second-order valence-corrected chi connectivity index (χ2v) is 7.08. The van der Waals surface area contributed by atoms with Gasteiger partial charge in [-0.3, -0.25) is 9.80 Å². The lowest BCUT2D eigenvalue weighted by atomic mass is 10.0. The van der Waals surface area contributed by atoms with Crippen molar-refractivity contribution in [1.82, 2.24) is 14.8 Å². The summed E-state index contributed by atoms with van der Waals surface area (Å²) >= 11 is 11.9. The van der Waals surface area contributed by atoms with E-state index < -0.39 is 0 Å². The van der Waals surface area contributed by atoms with Gasteiger partial charge < -0.3 is 4.74 Å². The molecule has 6 heteroatoms. The monoisotopic (exact) mass is 343 g/mol. The molecule has 0 spiro atoms. The predicted molar refractivity (Wildman–Crippen MR) is 89.5 cm³/mol. The fourth-order valence-electron chi connectivity index (χ4n) is 3.48. The first-order chi connectivity index (χ1) is 10.6. The van der Waals surface area contributed by atoms with Crippen LogP contribution in [0, 0.1) is 0 Å². The number of ether oxygens (including phenoxy) is 1. The van der Waals surface area contributed by atoms with Crippen molar-refractivity contribution in [2.24, 2.45) is 0 Å². The van der Waals surface area contributed by atoms with Crippen molar-refractivity contribution in [1.29, 1.82) is 0 Å². The van der Waals surface area contributed by atoms with Crippen LogP contribution in [0.1, 0.15) is 25.3 Å². The molecule has 0 saturated carbocycles. The van der Waals surface area contributed by atoms with E-state index in [1.807, 2.05) is 12.1 Å². The molecule has 1 unspecified atom stereocenters. The molecule has 2 aliphatic heterocycles. The van der Waals surface area contributed by atoms with Crippen LogP contribution in [-0.2, 0) is 11.3 Å². The maximum atomic E-state index is 5.97. The highest BCUT2D eigenvalue weighted by molar-refractivity contribution is 6.32. The largest absolute Gasteiger partial charge is 0.376 e. The molecular formula is C16H23Cl2N3O. The summed E-state index contributed by atoms with van der Waals surface area (Å²) in [6, 6.07) is 4.51. The van der Waals surface area contributed by atoms with Gasteiger partial charge in [-0.25, -0.2) is 4.98 Å². The second kappa shape index (κ2) is 7.45. The number of piperidine rings is 1. The SMILES string of the molecule is CC1CN(C2CCN(Cc3cc(Cl)nc(Cl)c3)CC2)CCO1. The zero-order chi connectivity index (χ0) is 15.5. The Hall–Kier alpha value is -0.390. The summed E-state index contributed by atoms with van der Waals surface area (Å²) in [7, 11) is 0. The highest BCUT2D eigenvalue weighted by Crippen LogP contribution is 2.22. The Balaban J connectivity index is 1.51. The zero-order valence-electron chi connectivity index (χ0n) is 13.0. The minimum absolute atomic E-state index is 0.368. The van der Waals surface area contributed by atoms with Crippen LogP contribution in [0.15, 0.2) is 12.1 Å². The molecule has 1 aromatic rings. The second-order valence-electron chi connectivity index (χ2n) is 6.30. The fraction of sp³-hybridized carbons (Fsp3) is 0.688. The van der Waals surface area contributed by atoms with Crippen LogP contribution in [0.2, 0.25) is 10.3 Å². The fourth-order valence-corrected chi connectivity index (χ4v) is 3.99. The number of aromatic nitrogens is 1. The molecule has 2 saturated heterocycles. The number of halogens is 2. The topological polar surface area (TPSA) is 28.6 Å². The van der Waals surface area contributed by atoms with Gasteiger partial charge in [0.2, 0.25) is 0 Å². The van der Waals surface area contributed by atoms with Crippen molar-refractivity contribution in [3.05, 3.63) is 28.0 Å². The van der Waals surface area contributed by atoms with Gasteiger partial charge in [-0.1, -0.05) is 23.2 Å². The van der Waals surface area contributed by atoms with Gasteiger partial charge in [-0.05, 0) is 50.6 Å². The van der Waals surface area contributed by atoms with E-state index in [-0.39, 0.29) is 0 Å². The molecule has 3 heterocycles. The van der Waals surface area contributed by atoms with Crippen LogP contribution in [0.5, 0.6) is 0 Å². The summed E-state index contributed by atoms with van der Waals surface area (Å²) in [4.78, 5) is 9.08. The molecule has 0 aliphatic carbocycles. The first kappa shape index (κ1) is 16.5. The van der Waals surface area contributed by atoms with Crippen molar-refractivity contribution in [3.8, 4) is 0 Å². The van der Waals surface area contributed by atoms with E-state index in [9.17, 15) is 0 Å². The average molecular weight is 344 g/mol. The molecule has 0 amide bonds. The van der Waals surface area contributed by atoms with E-state index in [1.165, 1.54) is 12.8 Å². The lowest BCUT2D eigenvalue weighted by molar-refractivity contribution is -0.0437. The molecular weight excluding hydrogens is 321 g/mol. The van der Waals surface area contributed by atoms with E-state index in [0.29, 0.717) is 22.5 Å². The van der Waals surface area contributed by atoms with Crippen LogP contribution < -0.4 is 0 Å². The van der Waals surface area contributed by atoms with Crippen LogP contribution in [0.4, 0.5) is 0 Å². The van der Waals surface area contributed by atoms with Gasteiger partial charge in [0.15, 0.2) is 0 Å². The number of likely N-dealkylation sites (tertiary alicyclic amines) is 1. The normalized spacial score (nSPS) is 25.5.